The number of ether oxygens (including phenoxy) is 2. The summed E-state index contributed by atoms with van der Waals surface area (Å²) in [6.07, 6.45) is 3.84. The third-order valence-corrected chi connectivity index (χ3v) is 7.79. The van der Waals surface area contributed by atoms with Crippen molar-refractivity contribution < 1.29 is 19.1 Å². The molecule has 1 spiro atoms. The third kappa shape index (κ3) is 2.78. The molecule has 1 unspecified atom stereocenters. The number of methoxy groups -OCH3 is 1. The van der Waals surface area contributed by atoms with Gasteiger partial charge in [-0.2, -0.15) is 0 Å². The van der Waals surface area contributed by atoms with Crippen LogP contribution in [-0.2, 0) is 14.3 Å². The Hall–Kier alpha value is -1.88. The second-order valence-corrected chi connectivity index (χ2v) is 9.31. The van der Waals surface area contributed by atoms with E-state index in [1.807, 2.05) is 31.2 Å². The Morgan fingerprint density at radius 2 is 1.96 bits per heavy atom. The highest BCUT2D eigenvalue weighted by atomic mass is 16.5. The average molecular weight is 386 g/mol. The highest BCUT2D eigenvalue weighted by Gasteiger charge is 2.68. The number of hydrogen-bond acceptors (Lipinski definition) is 4. The maximum Gasteiger partial charge on any atom is 0.337 e. The molecule has 152 valence electrons. The number of fused-ring (bicyclic) bond motifs is 1. The van der Waals surface area contributed by atoms with Crippen molar-refractivity contribution in [2.75, 3.05) is 13.7 Å². The molecule has 1 heterocycles. The van der Waals surface area contributed by atoms with Crippen molar-refractivity contribution in [1.82, 2.24) is 5.32 Å². The van der Waals surface area contributed by atoms with E-state index in [4.69, 9.17) is 9.47 Å². The van der Waals surface area contributed by atoms with Crippen molar-refractivity contribution in [3.63, 3.8) is 0 Å². The van der Waals surface area contributed by atoms with Gasteiger partial charge >= 0.3 is 5.97 Å². The number of amides is 1. The number of carbonyl (C=O) groups is 2. The summed E-state index contributed by atoms with van der Waals surface area (Å²) in [6, 6.07) is 7.81. The zero-order valence-electron chi connectivity index (χ0n) is 17.3. The Balaban J connectivity index is 1.64. The lowest BCUT2D eigenvalue weighted by Gasteiger charge is -2.53. The van der Waals surface area contributed by atoms with Crippen LogP contribution in [0.2, 0.25) is 0 Å². The Labute approximate surface area is 167 Å². The van der Waals surface area contributed by atoms with Gasteiger partial charge in [0, 0.05) is 19.1 Å². The van der Waals surface area contributed by atoms with E-state index in [0.717, 1.165) is 18.4 Å². The first-order valence-corrected chi connectivity index (χ1v) is 10.4. The zero-order valence-corrected chi connectivity index (χ0v) is 17.3. The van der Waals surface area contributed by atoms with Crippen LogP contribution in [0.4, 0.5) is 0 Å². The fourth-order valence-electron chi connectivity index (χ4n) is 6.31. The smallest absolute Gasteiger partial charge is 0.337 e. The summed E-state index contributed by atoms with van der Waals surface area (Å²) >= 11 is 0. The maximum atomic E-state index is 12.3. The Kier molecular flexibility index (Phi) is 4.77. The predicted molar refractivity (Wildman–Crippen MR) is 106 cm³/mol. The van der Waals surface area contributed by atoms with E-state index < -0.39 is 0 Å². The van der Waals surface area contributed by atoms with Gasteiger partial charge in [-0.15, -0.1) is 0 Å². The molecule has 3 fully saturated rings. The standard InChI is InChI=1S/C23H31NO4/c1-5-18(25)24-21-22(2,3)16-12-17-19(28-11-10-23(17,21)13-16)14-6-8-15(9-7-14)20(26)27-4/h6-9,16-17,19,21H,5,10-13H2,1-4H3,(H,24,25)/t16-,17-,19-,21+,23?/m1/s1. The van der Waals surface area contributed by atoms with E-state index in [1.165, 1.54) is 13.5 Å². The predicted octanol–water partition coefficient (Wildman–Crippen LogP) is 3.88. The number of rotatable bonds is 4. The van der Waals surface area contributed by atoms with Crippen LogP contribution in [0, 0.1) is 22.7 Å². The van der Waals surface area contributed by atoms with Crippen LogP contribution >= 0.6 is 0 Å². The van der Waals surface area contributed by atoms with Gasteiger partial charge in [-0.3, -0.25) is 4.79 Å². The molecule has 3 aliphatic rings. The summed E-state index contributed by atoms with van der Waals surface area (Å²) in [6.45, 7) is 7.26. The SMILES string of the molecule is CCC(=O)N[C@H]1C(C)(C)[C@@H]2C[C@@H]3[C@@H](c4ccc(C(=O)OC)cc4)OCCC31C2. The van der Waals surface area contributed by atoms with Gasteiger partial charge in [-0.25, -0.2) is 4.79 Å². The summed E-state index contributed by atoms with van der Waals surface area (Å²) in [5, 5.41) is 3.39. The van der Waals surface area contributed by atoms with E-state index in [1.54, 1.807) is 0 Å². The second-order valence-electron chi connectivity index (χ2n) is 9.31. The molecule has 1 saturated heterocycles. The Morgan fingerprint density at radius 1 is 1.25 bits per heavy atom. The molecule has 1 N–H and O–H groups in total. The maximum absolute atomic E-state index is 12.3. The van der Waals surface area contributed by atoms with Crippen molar-refractivity contribution >= 4 is 11.9 Å². The van der Waals surface area contributed by atoms with Crippen LogP contribution in [0.1, 0.15) is 68.5 Å². The van der Waals surface area contributed by atoms with Crippen LogP contribution in [0.3, 0.4) is 0 Å². The monoisotopic (exact) mass is 385 g/mol. The summed E-state index contributed by atoms with van der Waals surface area (Å²) in [4.78, 5) is 24.0. The van der Waals surface area contributed by atoms with E-state index >= 15 is 0 Å². The molecule has 5 atom stereocenters. The van der Waals surface area contributed by atoms with Crippen LogP contribution in [-0.4, -0.2) is 31.6 Å². The minimum absolute atomic E-state index is 0.0163. The topological polar surface area (TPSA) is 64.6 Å². The molecule has 28 heavy (non-hydrogen) atoms. The lowest BCUT2D eigenvalue weighted by atomic mass is 9.59. The molecular weight excluding hydrogens is 354 g/mol. The highest BCUT2D eigenvalue weighted by Crippen LogP contribution is 2.70. The highest BCUT2D eigenvalue weighted by molar-refractivity contribution is 5.89. The first-order valence-electron chi connectivity index (χ1n) is 10.4. The number of hydrogen-bond donors (Lipinski definition) is 1. The summed E-state index contributed by atoms with van der Waals surface area (Å²) in [7, 11) is 1.39. The molecule has 4 rings (SSSR count). The van der Waals surface area contributed by atoms with E-state index in [-0.39, 0.29) is 34.9 Å². The zero-order chi connectivity index (χ0) is 20.1. The normalized spacial score (nSPS) is 35.3. The van der Waals surface area contributed by atoms with Crippen molar-refractivity contribution in [2.45, 2.75) is 58.6 Å². The third-order valence-electron chi connectivity index (χ3n) is 7.79. The molecule has 2 bridgehead atoms. The lowest BCUT2D eigenvalue weighted by molar-refractivity contribution is -0.137. The average Bonchev–Trinajstić information content (AvgIpc) is 3.19. The van der Waals surface area contributed by atoms with E-state index in [9.17, 15) is 9.59 Å². The number of benzene rings is 1. The number of carbonyl (C=O) groups excluding carboxylic acids is 2. The van der Waals surface area contributed by atoms with Crippen LogP contribution in [0.15, 0.2) is 24.3 Å². The largest absolute Gasteiger partial charge is 0.465 e. The minimum Gasteiger partial charge on any atom is -0.465 e. The fraction of sp³-hybridized carbons (Fsp3) is 0.652. The second kappa shape index (κ2) is 6.87. The van der Waals surface area contributed by atoms with Crippen LogP contribution in [0.5, 0.6) is 0 Å². The molecule has 2 saturated carbocycles. The number of esters is 1. The molecule has 0 radical (unpaired) electrons. The quantitative estimate of drug-likeness (QED) is 0.799. The van der Waals surface area contributed by atoms with Gasteiger partial charge < -0.3 is 14.8 Å². The van der Waals surface area contributed by atoms with Crippen molar-refractivity contribution in [3.8, 4) is 0 Å². The molecule has 1 aliphatic heterocycles. The van der Waals surface area contributed by atoms with E-state index in [2.05, 4.69) is 19.2 Å². The molecule has 1 amide bonds. The van der Waals surface area contributed by atoms with Gasteiger partial charge in [0.1, 0.15) is 0 Å². The molecule has 1 aromatic rings. The first kappa shape index (κ1) is 19.4. The van der Waals surface area contributed by atoms with Gasteiger partial charge in [-0.1, -0.05) is 32.9 Å². The Bertz CT molecular complexity index is 771. The molecule has 1 aromatic carbocycles. The van der Waals surface area contributed by atoms with E-state index in [0.29, 0.717) is 30.4 Å². The lowest BCUT2D eigenvalue weighted by Crippen LogP contribution is -2.58. The summed E-state index contributed by atoms with van der Waals surface area (Å²) in [5.74, 6) is 0.810. The van der Waals surface area contributed by atoms with Gasteiger partial charge in [0.15, 0.2) is 0 Å². The van der Waals surface area contributed by atoms with Crippen molar-refractivity contribution in [3.05, 3.63) is 35.4 Å². The first-order chi connectivity index (χ1) is 13.3. The van der Waals surface area contributed by atoms with Crippen molar-refractivity contribution in [1.29, 1.82) is 0 Å². The molecule has 0 aromatic heterocycles. The molecular formula is C23H31NO4. The van der Waals surface area contributed by atoms with Crippen LogP contribution in [0.25, 0.3) is 0 Å². The molecule has 5 heteroatoms. The van der Waals surface area contributed by atoms with Crippen LogP contribution < -0.4 is 5.32 Å². The Morgan fingerprint density at radius 3 is 2.61 bits per heavy atom. The van der Waals surface area contributed by atoms with Gasteiger partial charge in [-0.05, 0) is 59.6 Å². The van der Waals surface area contributed by atoms with Gasteiger partial charge in [0.25, 0.3) is 0 Å². The van der Waals surface area contributed by atoms with Gasteiger partial charge in [0.05, 0.1) is 18.8 Å². The van der Waals surface area contributed by atoms with Gasteiger partial charge in [0.2, 0.25) is 5.91 Å². The van der Waals surface area contributed by atoms with Crippen molar-refractivity contribution in [2.24, 2.45) is 22.7 Å². The summed E-state index contributed by atoms with van der Waals surface area (Å²) < 4.78 is 11.1. The molecule has 5 nitrogen and oxygen atoms in total. The molecule has 2 aliphatic carbocycles. The fourth-order valence-corrected chi connectivity index (χ4v) is 6.31. The number of nitrogens with one attached hydrogen (secondary N) is 1. The minimum atomic E-state index is -0.323. The summed E-state index contributed by atoms with van der Waals surface area (Å²) in [5.41, 5.74) is 1.88.